The van der Waals surface area contributed by atoms with Crippen molar-refractivity contribution in [1.82, 2.24) is 9.88 Å². The average molecular weight is 493 g/mol. The molecule has 0 unspecified atom stereocenters. The molecule has 182 valence electrons. The van der Waals surface area contributed by atoms with Crippen molar-refractivity contribution in [3.63, 3.8) is 0 Å². The van der Waals surface area contributed by atoms with Crippen LogP contribution in [0.5, 0.6) is 0 Å². The van der Waals surface area contributed by atoms with Crippen LogP contribution < -0.4 is 5.32 Å². The van der Waals surface area contributed by atoms with E-state index >= 15 is 0 Å². The first-order valence-corrected chi connectivity index (χ1v) is 11.9. The summed E-state index contributed by atoms with van der Waals surface area (Å²) in [6.07, 6.45) is -0.552. The van der Waals surface area contributed by atoms with Gasteiger partial charge < -0.3 is 19.4 Å². The van der Waals surface area contributed by atoms with E-state index in [0.29, 0.717) is 16.3 Å². The summed E-state index contributed by atoms with van der Waals surface area (Å²) >= 11 is 6.57. The Morgan fingerprint density at radius 3 is 2.46 bits per heavy atom. The molecule has 0 saturated carbocycles. The molecule has 0 aliphatic heterocycles. The van der Waals surface area contributed by atoms with Gasteiger partial charge in [-0.2, -0.15) is 0 Å². The summed E-state index contributed by atoms with van der Waals surface area (Å²) in [5.41, 5.74) is 3.26. The van der Waals surface area contributed by atoms with E-state index in [4.69, 9.17) is 21.1 Å². The Bertz CT molecular complexity index is 1430. The number of esters is 1. The van der Waals surface area contributed by atoms with Crippen molar-refractivity contribution in [1.29, 1.82) is 0 Å². The monoisotopic (exact) mass is 492 g/mol. The molecule has 0 bridgehead atoms. The summed E-state index contributed by atoms with van der Waals surface area (Å²) in [5.74, 6) is -0.431. The number of aryl methyl sites for hydroxylation is 1. The molecule has 1 amide bonds. The molecule has 7 heteroatoms. The fraction of sp³-hybridized carbons (Fsp3) is 0.286. The minimum absolute atomic E-state index is 0.115. The van der Waals surface area contributed by atoms with E-state index in [1.165, 1.54) is 0 Å². The van der Waals surface area contributed by atoms with Crippen molar-refractivity contribution < 1.29 is 19.1 Å². The third kappa shape index (κ3) is 4.98. The number of carbonyl (C=O) groups excluding carboxylic acids is 2. The van der Waals surface area contributed by atoms with Gasteiger partial charge in [0.1, 0.15) is 5.60 Å². The number of hydrogen-bond acceptors (Lipinski definition) is 4. The van der Waals surface area contributed by atoms with Crippen molar-refractivity contribution in [3.05, 3.63) is 70.9 Å². The van der Waals surface area contributed by atoms with Crippen molar-refractivity contribution in [3.8, 4) is 11.1 Å². The number of aromatic nitrogens is 1. The van der Waals surface area contributed by atoms with Gasteiger partial charge in [-0.3, -0.25) is 0 Å². The average Bonchev–Trinajstić information content (AvgIpc) is 3.07. The highest BCUT2D eigenvalue weighted by molar-refractivity contribution is 6.36. The first kappa shape index (κ1) is 24.6. The number of amides is 1. The normalized spacial score (nSPS) is 11.6. The second-order valence-corrected chi connectivity index (χ2v) is 9.74. The van der Waals surface area contributed by atoms with Gasteiger partial charge in [-0.1, -0.05) is 54.1 Å². The van der Waals surface area contributed by atoms with E-state index in [0.717, 1.165) is 32.8 Å². The topological polar surface area (TPSA) is 69.6 Å². The van der Waals surface area contributed by atoms with Crippen molar-refractivity contribution in [2.24, 2.45) is 7.05 Å². The summed E-state index contributed by atoms with van der Waals surface area (Å²) in [6.45, 7) is 7.53. The molecule has 0 aliphatic carbocycles. The summed E-state index contributed by atoms with van der Waals surface area (Å²) < 4.78 is 12.6. The van der Waals surface area contributed by atoms with E-state index in [-0.39, 0.29) is 13.2 Å². The summed E-state index contributed by atoms with van der Waals surface area (Å²) in [4.78, 5) is 25.2. The Kier molecular flexibility index (Phi) is 6.77. The quantitative estimate of drug-likeness (QED) is 0.309. The highest BCUT2D eigenvalue weighted by Gasteiger charge is 2.24. The fourth-order valence-electron chi connectivity index (χ4n) is 4.30. The number of nitrogens with one attached hydrogen (secondary N) is 1. The number of hydrogen-bond donors (Lipinski definition) is 1. The smallest absolute Gasteiger partial charge is 0.407 e. The maximum absolute atomic E-state index is 12.9. The number of carbonyl (C=O) groups is 2. The Morgan fingerprint density at radius 1 is 1.06 bits per heavy atom. The highest BCUT2D eigenvalue weighted by atomic mass is 35.5. The second-order valence-electron chi connectivity index (χ2n) is 9.33. The van der Waals surface area contributed by atoms with E-state index in [2.05, 4.69) is 5.32 Å². The number of ether oxygens (including phenoxy) is 2. The first-order valence-electron chi connectivity index (χ1n) is 11.5. The van der Waals surface area contributed by atoms with Crippen LogP contribution in [-0.2, 0) is 23.1 Å². The number of halogens is 1. The van der Waals surface area contributed by atoms with Gasteiger partial charge in [-0.25, -0.2) is 9.59 Å². The number of alkyl carbamates (subject to hydrolysis) is 1. The zero-order chi connectivity index (χ0) is 25.3. The van der Waals surface area contributed by atoms with Crippen molar-refractivity contribution in [2.45, 2.75) is 39.8 Å². The lowest BCUT2D eigenvalue weighted by Gasteiger charge is -2.20. The maximum atomic E-state index is 12.9. The van der Waals surface area contributed by atoms with Gasteiger partial charge in [-0.05, 0) is 56.3 Å². The Balaban J connectivity index is 1.82. The van der Waals surface area contributed by atoms with Crippen molar-refractivity contribution in [2.75, 3.05) is 6.61 Å². The molecule has 0 saturated heterocycles. The highest BCUT2D eigenvalue weighted by Crippen LogP contribution is 2.36. The molecular formula is C28H29ClN2O4. The Hall–Kier alpha value is -3.51. The van der Waals surface area contributed by atoms with E-state index < -0.39 is 17.7 Å². The molecule has 4 aromatic rings. The predicted octanol–water partition coefficient (Wildman–Crippen LogP) is 6.85. The van der Waals surface area contributed by atoms with Gasteiger partial charge in [-0.15, -0.1) is 0 Å². The van der Waals surface area contributed by atoms with Gasteiger partial charge in [0.25, 0.3) is 0 Å². The number of nitrogens with zero attached hydrogens (tertiary/aromatic N) is 1. The lowest BCUT2D eigenvalue weighted by Crippen LogP contribution is -2.33. The maximum Gasteiger partial charge on any atom is 0.407 e. The lowest BCUT2D eigenvalue weighted by molar-refractivity contribution is 0.0502. The van der Waals surface area contributed by atoms with Gasteiger partial charge >= 0.3 is 12.1 Å². The van der Waals surface area contributed by atoms with Gasteiger partial charge in [0.15, 0.2) is 0 Å². The molecule has 0 atom stereocenters. The zero-order valence-electron chi connectivity index (χ0n) is 20.6. The molecule has 0 radical (unpaired) electrons. The molecule has 6 nitrogen and oxygen atoms in total. The van der Waals surface area contributed by atoms with Gasteiger partial charge in [0.05, 0.1) is 24.4 Å². The van der Waals surface area contributed by atoms with E-state index in [1.54, 1.807) is 27.7 Å². The van der Waals surface area contributed by atoms with Crippen LogP contribution in [0.1, 0.15) is 43.7 Å². The number of rotatable bonds is 5. The molecule has 1 heterocycles. The predicted molar refractivity (Wildman–Crippen MR) is 140 cm³/mol. The molecule has 4 rings (SSSR count). The molecule has 35 heavy (non-hydrogen) atoms. The summed E-state index contributed by atoms with van der Waals surface area (Å²) in [7, 11) is 1.87. The van der Waals surface area contributed by atoms with E-state index in [9.17, 15) is 9.59 Å². The second kappa shape index (κ2) is 9.62. The minimum Gasteiger partial charge on any atom is -0.462 e. The SMILES string of the molecule is CCOC(=O)c1c(CNC(=O)OC(C)(C)C)n(C)c2cc(-c3cccc4cccc(Cl)c34)ccc12. The van der Waals surface area contributed by atoms with Gasteiger partial charge in [0, 0.05) is 28.4 Å². The fourth-order valence-corrected chi connectivity index (χ4v) is 4.58. The van der Waals surface area contributed by atoms with Crippen LogP contribution in [0.25, 0.3) is 32.8 Å². The molecule has 1 aromatic heterocycles. The first-order chi connectivity index (χ1) is 16.6. The number of fused-ring (bicyclic) bond motifs is 2. The van der Waals surface area contributed by atoms with Crippen LogP contribution in [0.4, 0.5) is 4.79 Å². The summed E-state index contributed by atoms with van der Waals surface area (Å²) in [6, 6.07) is 17.9. The van der Waals surface area contributed by atoms with Crippen LogP contribution in [-0.4, -0.2) is 28.8 Å². The van der Waals surface area contributed by atoms with Crippen LogP contribution in [0.15, 0.2) is 54.6 Å². The standard InChI is InChI=1S/C28H29ClN2O4/c1-6-34-26(32)25-20-14-13-18(19-11-7-9-17-10-8-12-21(29)24(17)19)15-22(20)31(5)23(25)16-30-27(33)35-28(2,3)4/h7-15H,6,16H2,1-5H3,(H,30,33). The van der Waals surface area contributed by atoms with E-state index in [1.807, 2.05) is 66.2 Å². The summed E-state index contributed by atoms with van der Waals surface area (Å²) in [5, 5.41) is 6.22. The zero-order valence-corrected chi connectivity index (χ0v) is 21.3. The molecule has 0 spiro atoms. The molecule has 3 aromatic carbocycles. The third-order valence-electron chi connectivity index (χ3n) is 5.77. The minimum atomic E-state index is -0.623. The molecule has 0 aliphatic rings. The third-order valence-corrected chi connectivity index (χ3v) is 6.08. The molecule has 1 N–H and O–H groups in total. The largest absolute Gasteiger partial charge is 0.462 e. The Morgan fingerprint density at radius 2 is 1.77 bits per heavy atom. The van der Waals surface area contributed by atoms with Crippen LogP contribution in [0.2, 0.25) is 5.02 Å². The van der Waals surface area contributed by atoms with Crippen LogP contribution >= 0.6 is 11.6 Å². The molecule has 0 fully saturated rings. The van der Waals surface area contributed by atoms with Crippen LogP contribution in [0.3, 0.4) is 0 Å². The Labute approximate surface area is 209 Å². The molecular weight excluding hydrogens is 464 g/mol. The number of benzene rings is 3. The lowest BCUT2D eigenvalue weighted by atomic mass is 9.97. The van der Waals surface area contributed by atoms with Gasteiger partial charge in [0.2, 0.25) is 0 Å². The van der Waals surface area contributed by atoms with Crippen LogP contribution in [0, 0.1) is 0 Å². The van der Waals surface area contributed by atoms with Crippen molar-refractivity contribution >= 4 is 45.3 Å².